The first-order chi connectivity index (χ1) is 48.2. The van der Waals surface area contributed by atoms with Crippen LogP contribution in [0.15, 0.2) is 129 Å². The highest BCUT2D eigenvalue weighted by molar-refractivity contribution is 6.11. The highest BCUT2D eigenvalue weighted by atomic mass is 16.8. The molecule has 4 aromatic carbocycles. The Balaban J connectivity index is 0.000000222. The number of hydrogen-bond acceptors (Lipinski definition) is 25. The summed E-state index contributed by atoms with van der Waals surface area (Å²) < 4.78 is 50.3. The van der Waals surface area contributed by atoms with Gasteiger partial charge in [-0.25, -0.2) is 43.5 Å². The summed E-state index contributed by atoms with van der Waals surface area (Å²) >= 11 is 0. The van der Waals surface area contributed by atoms with Crippen LogP contribution in [0, 0.1) is 11.8 Å². The molecule has 101 heavy (non-hydrogen) atoms. The molecule has 4 heterocycles. The average Bonchev–Trinajstić information content (AvgIpc) is 1.69. The summed E-state index contributed by atoms with van der Waals surface area (Å²) in [5.41, 5.74) is 8.36. The quantitative estimate of drug-likeness (QED) is 0.0121. The standard InChI is InChI=1S/C35H35N5O10.C27H30N2O9.C8H7N3O2/c1-6-21-15-26(31(41)37-23-11-9-22(10-12-23)30-39-34(44)50-40-30)25(16-28(21)46-5)24-13-14-27(32(42)36-17-20-7-8-20)38-29(24)33(43)48-19(4)49-35(45)47-18(2)3;1-6-17-11-20(25(31)32)19(12-22(17)35-5)18-9-10-21(24(30)28-13-16-7-8-16)29-23(18)26(33)37-15(4)38-27(34)36-14(2)3;9-6-3-1-5(2-4-6)7-10-8(12)13-11-7/h6,9-16,18-20H,1,7-8,17H2,2-5H3,(H,36,42)(H,37,41)(H,39,40,44);6,9-12,14-16H,1,7-8,13H2,2-5H3,(H,28,30)(H,31,32);1-4H,9H2,(H,10,11,12). The van der Waals surface area contributed by atoms with Gasteiger partial charge >= 0.3 is 41.7 Å². The molecule has 0 saturated heterocycles. The minimum atomic E-state index is -1.39. The number of nitrogen functional groups attached to an aromatic ring is 1. The zero-order chi connectivity index (χ0) is 73.2. The maximum absolute atomic E-state index is 13.9. The first kappa shape index (κ1) is 74.1. The molecule has 0 radical (unpaired) electrons. The number of rotatable bonds is 25. The molecule has 31 heteroatoms. The van der Waals surface area contributed by atoms with E-state index in [9.17, 15) is 53.1 Å². The molecule has 8 aromatic rings. The summed E-state index contributed by atoms with van der Waals surface area (Å²) in [5.74, 6) is -4.14. The lowest BCUT2D eigenvalue weighted by Gasteiger charge is -2.18. The van der Waals surface area contributed by atoms with E-state index in [0.29, 0.717) is 70.3 Å². The van der Waals surface area contributed by atoms with Crippen molar-refractivity contribution in [2.24, 2.45) is 11.8 Å². The number of hydrogen-bond donors (Lipinski definition) is 7. The van der Waals surface area contributed by atoms with E-state index in [2.05, 4.69) is 68.4 Å². The van der Waals surface area contributed by atoms with Gasteiger partial charge in [-0.15, -0.1) is 0 Å². The number of amides is 3. The number of esters is 2. The van der Waals surface area contributed by atoms with Crippen molar-refractivity contribution in [2.75, 3.05) is 38.4 Å². The summed E-state index contributed by atoms with van der Waals surface area (Å²) in [6.45, 7) is 17.6. The zero-order valence-corrected chi connectivity index (χ0v) is 56.0. The summed E-state index contributed by atoms with van der Waals surface area (Å²) in [7, 11) is 2.84. The van der Waals surface area contributed by atoms with E-state index in [4.69, 9.17) is 43.6 Å². The first-order valence-electron chi connectivity index (χ1n) is 31.3. The van der Waals surface area contributed by atoms with Gasteiger partial charge in [0.05, 0.1) is 32.0 Å². The van der Waals surface area contributed by atoms with E-state index in [1.54, 1.807) is 76.2 Å². The number of nitrogens with one attached hydrogen (secondary N) is 5. The van der Waals surface area contributed by atoms with Crippen LogP contribution >= 0.6 is 0 Å². The van der Waals surface area contributed by atoms with Crippen LogP contribution in [-0.2, 0) is 28.4 Å². The minimum Gasteiger partial charge on any atom is -0.496 e. The number of aromatic carboxylic acids is 1. The topological polar surface area (TPSA) is 436 Å². The van der Waals surface area contributed by atoms with Crippen molar-refractivity contribution >= 4 is 71.5 Å². The summed E-state index contributed by atoms with van der Waals surface area (Å²) in [6, 6.07) is 24.9. The number of benzene rings is 4. The van der Waals surface area contributed by atoms with Crippen molar-refractivity contribution in [3.63, 3.8) is 0 Å². The SMILES string of the molecule is C=Cc1cc(C(=O)Nc2ccc(-c3noc(=O)[nH]3)cc2)c(-c2ccc(C(=O)NCC3CC3)nc2C(=O)OC(C)OC(=O)OC(C)C)cc1OC.C=Cc1cc(C(=O)O)c(-c2ccc(C(=O)NCC3CC3)nc2C(=O)OC(C)OC(=O)OC(C)C)cc1OC.Nc1ccc(-c2noc(=O)[nH]2)cc1. The van der Waals surface area contributed by atoms with E-state index >= 15 is 0 Å². The second-order valence-electron chi connectivity index (χ2n) is 23.0. The molecule has 2 unspecified atom stereocenters. The van der Waals surface area contributed by atoms with Crippen LogP contribution < -0.4 is 42.7 Å². The van der Waals surface area contributed by atoms with Crippen molar-refractivity contribution in [3.8, 4) is 56.5 Å². The average molecular weight is 1390 g/mol. The number of carboxylic acids is 1. The van der Waals surface area contributed by atoms with Gasteiger partial charge in [-0.3, -0.25) is 33.4 Å². The molecule has 8 N–H and O–H groups in total. The van der Waals surface area contributed by atoms with Gasteiger partial charge in [0.1, 0.15) is 22.9 Å². The van der Waals surface area contributed by atoms with Crippen molar-refractivity contribution in [1.29, 1.82) is 0 Å². The molecule has 2 fully saturated rings. The number of carbonyl (C=O) groups is 8. The van der Waals surface area contributed by atoms with Crippen LogP contribution in [0.5, 0.6) is 11.5 Å². The van der Waals surface area contributed by atoms with Crippen LogP contribution in [0.2, 0.25) is 0 Å². The maximum Gasteiger partial charge on any atom is 0.511 e. The Kier molecular flexibility index (Phi) is 24.9. The van der Waals surface area contributed by atoms with E-state index in [1.165, 1.54) is 88.8 Å². The van der Waals surface area contributed by atoms with Gasteiger partial charge in [0.25, 0.3) is 17.7 Å². The number of nitrogens with two attached hydrogens (primary N) is 1. The lowest BCUT2D eigenvalue weighted by Crippen LogP contribution is -2.28. The van der Waals surface area contributed by atoms with Crippen LogP contribution in [0.3, 0.4) is 0 Å². The highest BCUT2D eigenvalue weighted by Crippen LogP contribution is 2.37. The molecule has 0 spiro atoms. The number of aromatic amines is 2. The Hall–Kier alpha value is -12.7. The maximum atomic E-state index is 13.9. The number of nitrogens with zero attached hydrogens (tertiary/aromatic N) is 4. The van der Waals surface area contributed by atoms with E-state index in [-0.39, 0.29) is 62.0 Å². The molecule has 528 valence electrons. The van der Waals surface area contributed by atoms with Crippen molar-refractivity contribution in [3.05, 3.63) is 176 Å². The van der Waals surface area contributed by atoms with Crippen molar-refractivity contribution < 1.29 is 90.4 Å². The fourth-order valence-corrected chi connectivity index (χ4v) is 9.32. The Morgan fingerprint density at radius 1 is 0.554 bits per heavy atom. The van der Waals surface area contributed by atoms with E-state index in [0.717, 1.165) is 31.2 Å². The Bertz CT molecular complexity index is 4510. The van der Waals surface area contributed by atoms with Gasteiger partial charge in [0.2, 0.25) is 12.6 Å². The molecule has 0 aliphatic heterocycles. The lowest BCUT2D eigenvalue weighted by molar-refractivity contribution is -0.0884. The predicted octanol–water partition coefficient (Wildman–Crippen LogP) is 10.1. The minimum absolute atomic E-state index is 0.0663. The van der Waals surface area contributed by atoms with Gasteiger partial charge < -0.3 is 64.7 Å². The van der Waals surface area contributed by atoms with Crippen molar-refractivity contribution in [1.82, 2.24) is 40.9 Å². The van der Waals surface area contributed by atoms with Crippen LogP contribution in [-0.4, -0.2) is 135 Å². The molecule has 4 aromatic heterocycles. The number of H-pyrrole nitrogens is 2. The number of methoxy groups -OCH3 is 2. The third-order valence-electron chi connectivity index (χ3n) is 14.6. The number of ether oxygens (including phenoxy) is 8. The number of carboxylic acid groups (broad SMARTS) is 1. The Morgan fingerprint density at radius 3 is 1.33 bits per heavy atom. The van der Waals surface area contributed by atoms with Gasteiger partial charge in [-0.05, 0) is 162 Å². The van der Waals surface area contributed by atoms with Crippen molar-refractivity contribution in [2.45, 2.75) is 92.0 Å². The molecular weight excluding hydrogens is 1320 g/mol. The third kappa shape index (κ3) is 20.7. The first-order valence-corrected chi connectivity index (χ1v) is 31.3. The van der Waals surface area contributed by atoms with Gasteiger partial charge in [0.15, 0.2) is 23.0 Å². The zero-order valence-electron chi connectivity index (χ0n) is 56.0. The second kappa shape index (κ2) is 34.0. The molecule has 2 atom stereocenters. The fourth-order valence-electron chi connectivity index (χ4n) is 9.32. The van der Waals surface area contributed by atoms with Crippen LogP contribution in [0.4, 0.5) is 21.0 Å². The molecule has 10 rings (SSSR count). The molecule has 2 aliphatic rings. The van der Waals surface area contributed by atoms with Crippen LogP contribution in [0.1, 0.15) is 141 Å². The van der Waals surface area contributed by atoms with Gasteiger partial charge in [-0.1, -0.05) is 35.6 Å². The molecule has 31 nitrogen and oxygen atoms in total. The summed E-state index contributed by atoms with van der Waals surface area (Å²) in [6.07, 6.45) is 1.25. The number of anilines is 2. The number of pyridine rings is 2. The number of carbonyl (C=O) groups excluding carboxylic acids is 7. The van der Waals surface area contributed by atoms with E-state index in [1.807, 2.05) is 0 Å². The lowest BCUT2D eigenvalue weighted by atomic mass is 9.94. The normalized spacial score (nSPS) is 12.7. The molecule has 2 aliphatic carbocycles. The van der Waals surface area contributed by atoms with Gasteiger partial charge in [0, 0.05) is 88.4 Å². The molecule has 2 saturated carbocycles. The van der Waals surface area contributed by atoms with Gasteiger partial charge in [-0.2, -0.15) is 0 Å². The van der Waals surface area contributed by atoms with Crippen LogP contribution in [0.25, 0.3) is 57.2 Å². The molecular formula is C70H72N10O21. The molecule has 0 bridgehead atoms. The fraction of sp³-hybridized carbons (Fsp3) is 0.286. The second-order valence-corrected chi connectivity index (χ2v) is 23.0. The highest BCUT2D eigenvalue weighted by Gasteiger charge is 2.31. The smallest absolute Gasteiger partial charge is 0.496 e. The Labute approximate surface area is 575 Å². The number of aromatic nitrogens is 6. The van der Waals surface area contributed by atoms with E-state index < -0.39 is 84.2 Å². The largest absolute Gasteiger partial charge is 0.511 e. The monoisotopic (exact) mass is 1390 g/mol. The predicted molar refractivity (Wildman–Crippen MR) is 362 cm³/mol. The Morgan fingerprint density at radius 2 is 0.960 bits per heavy atom. The molecule has 3 amide bonds. The summed E-state index contributed by atoms with van der Waals surface area (Å²) in [4.78, 5) is 138. The summed E-state index contributed by atoms with van der Waals surface area (Å²) in [5, 5.41) is 25.5. The third-order valence-corrected chi connectivity index (χ3v) is 14.6.